The van der Waals surface area contributed by atoms with Crippen LogP contribution in [0.3, 0.4) is 0 Å². The summed E-state index contributed by atoms with van der Waals surface area (Å²) in [6, 6.07) is 7.25. The van der Waals surface area contributed by atoms with E-state index in [1.165, 1.54) is 42.9 Å². The molecule has 1 aromatic heterocycles. The van der Waals surface area contributed by atoms with Gasteiger partial charge in [-0.25, -0.2) is 4.98 Å². The molecule has 0 spiro atoms. The molecule has 19 heavy (non-hydrogen) atoms. The molecule has 2 bridgehead atoms. The molecule has 4 rings (SSSR count). The summed E-state index contributed by atoms with van der Waals surface area (Å²) in [5.41, 5.74) is 2.39. The number of hydrogen-bond donors (Lipinski definition) is 1. The SMILES string of the molecule is Cc1nc2ccc(NC3CCN4CCC3C4)cc2s1. The van der Waals surface area contributed by atoms with Crippen molar-refractivity contribution in [1.82, 2.24) is 9.88 Å². The molecule has 4 heteroatoms. The van der Waals surface area contributed by atoms with Crippen LogP contribution in [-0.4, -0.2) is 35.6 Å². The molecule has 0 amide bonds. The quantitative estimate of drug-likeness (QED) is 0.911. The molecule has 0 saturated carbocycles. The third kappa shape index (κ3) is 2.13. The molecule has 3 heterocycles. The first kappa shape index (κ1) is 11.7. The first-order valence-electron chi connectivity index (χ1n) is 7.14. The smallest absolute Gasteiger partial charge is 0.0907 e. The third-order valence-electron chi connectivity index (χ3n) is 4.48. The molecule has 3 unspecified atom stereocenters. The van der Waals surface area contributed by atoms with E-state index in [0.717, 1.165) is 16.4 Å². The van der Waals surface area contributed by atoms with Crippen molar-refractivity contribution < 1.29 is 0 Å². The summed E-state index contributed by atoms with van der Waals surface area (Å²) < 4.78 is 1.30. The number of benzene rings is 1. The van der Waals surface area contributed by atoms with Gasteiger partial charge in [0, 0.05) is 24.8 Å². The molecule has 0 radical (unpaired) electrons. The fourth-order valence-corrected chi connectivity index (χ4v) is 4.35. The van der Waals surface area contributed by atoms with E-state index in [-0.39, 0.29) is 0 Å². The van der Waals surface area contributed by atoms with Crippen molar-refractivity contribution in [2.45, 2.75) is 25.8 Å². The fraction of sp³-hybridized carbons (Fsp3) is 0.533. The van der Waals surface area contributed by atoms with Crippen molar-refractivity contribution in [2.24, 2.45) is 5.92 Å². The minimum Gasteiger partial charge on any atom is -0.382 e. The van der Waals surface area contributed by atoms with Gasteiger partial charge >= 0.3 is 0 Å². The lowest BCUT2D eigenvalue weighted by atomic mass is 9.94. The number of nitrogens with zero attached hydrogens (tertiary/aromatic N) is 2. The summed E-state index contributed by atoms with van der Waals surface area (Å²) >= 11 is 1.78. The second-order valence-corrected chi connectivity index (χ2v) is 7.04. The van der Waals surface area contributed by atoms with E-state index in [9.17, 15) is 0 Å². The highest BCUT2D eigenvalue weighted by Gasteiger charge is 2.34. The molecule has 100 valence electrons. The van der Waals surface area contributed by atoms with Crippen LogP contribution in [0.15, 0.2) is 18.2 Å². The van der Waals surface area contributed by atoms with E-state index in [1.54, 1.807) is 11.3 Å². The molecule has 0 aliphatic carbocycles. The van der Waals surface area contributed by atoms with E-state index in [1.807, 2.05) is 0 Å². The van der Waals surface area contributed by atoms with E-state index in [0.29, 0.717) is 6.04 Å². The van der Waals surface area contributed by atoms with Crippen LogP contribution in [0.4, 0.5) is 5.69 Å². The Morgan fingerprint density at radius 3 is 3.16 bits per heavy atom. The summed E-state index contributed by atoms with van der Waals surface area (Å²) in [5, 5.41) is 4.91. The number of nitrogens with one attached hydrogen (secondary N) is 1. The summed E-state index contributed by atoms with van der Waals surface area (Å²) in [5.74, 6) is 0.840. The predicted molar refractivity (Wildman–Crippen MR) is 80.9 cm³/mol. The first-order valence-corrected chi connectivity index (χ1v) is 7.96. The minimum absolute atomic E-state index is 0.658. The van der Waals surface area contributed by atoms with Gasteiger partial charge in [0.05, 0.1) is 15.2 Å². The van der Waals surface area contributed by atoms with Crippen LogP contribution in [0, 0.1) is 12.8 Å². The lowest BCUT2D eigenvalue weighted by Gasteiger charge is -2.31. The Balaban J connectivity index is 1.57. The summed E-state index contributed by atoms with van der Waals surface area (Å²) in [6.45, 7) is 5.93. The molecule has 2 aliphatic rings. The highest BCUT2D eigenvalue weighted by Crippen LogP contribution is 2.31. The Morgan fingerprint density at radius 1 is 1.32 bits per heavy atom. The lowest BCUT2D eigenvalue weighted by Crippen LogP contribution is -2.39. The topological polar surface area (TPSA) is 28.2 Å². The van der Waals surface area contributed by atoms with Crippen LogP contribution in [0.5, 0.6) is 0 Å². The second kappa shape index (κ2) is 4.46. The van der Waals surface area contributed by atoms with Gasteiger partial charge in [-0.15, -0.1) is 11.3 Å². The zero-order valence-corrected chi connectivity index (χ0v) is 12.0. The van der Waals surface area contributed by atoms with Crippen molar-refractivity contribution in [2.75, 3.05) is 25.0 Å². The summed E-state index contributed by atoms with van der Waals surface area (Å²) in [6.07, 6.45) is 2.64. The van der Waals surface area contributed by atoms with Crippen LogP contribution in [0.2, 0.25) is 0 Å². The number of thiazole rings is 1. The van der Waals surface area contributed by atoms with Gasteiger partial charge in [-0.2, -0.15) is 0 Å². The number of anilines is 1. The van der Waals surface area contributed by atoms with Gasteiger partial charge in [-0.05, 0) is 50.4 Å². The minimum atomic E-state index is 0.658. The maximum Gasteiger partial charge on any atom is 0.0907 e. The average Bonchev–Trinajstić information content (AvgIpc) is 2.95. The highest BCUT2D eigenvalue weighted by molar-refractivity contribution is 7.18. The monoisotopic (exact) mass is 273 g/mol. The van der Waals surface area contributed by atoms with Crippen LogP contribution in [0.1, 0.15) is 17.8 Å². The molecule has 3 atom stereocenters. The first-order chi connectivity index (χ1) is 9.28. The summed E-state index contributed by atoms with van der Waals surface area (Å²) in [4.78, 5) is 7.12. The number of aromatic nitrogens is 1. The maximum absolute atomic E-state index is 4.52. The molecule has 3 nitrogen and oxygen atoms in total. The molecule has 1 N–H and O–H groups in total. The maximum atomic E-state index is 4.52. The molecule has 1 aromatic carbocycles. The predicted octanol–water partition coefficient (Wildman–Crippen LogP) is 3.11. The number of hydrogen-bond acceptors (Lipinski definition) is 4. The van der Waals surface area contributed by atoms with Crippen LogP contribution in [-0.2, 0) is 0 Å². The molecule has 2 fully saturated rings. The van der Waals surface area contributed by atoms with Crippen LogP contribution in [0.25, 0.3) is 10.2 Å². The van der Waals surface area contributed by atoms with Gasteiger partial charge in [0.2, 0.25) is 0 Å². The van der Waals surface area contributed by atoms with E-state index < -0.39 is 0 Å². The Kier molecular flexibility index (Phi) is 2.74. The molecular weight excluding hydrogens is 254 g/mol. The molecule has 2 aromatic rings. The van der Waals surface area contributed by atoms with Crippen LogP contribution >= 0.6 is 11.3 Å². The Bertz CT molecular complexity index is 606. The highest BCUT2D eigenvalue weighted by atomic mass is 32.1. The number of rotatable bonds is 2. The van der Waals surface area contributed by atoms with Crippen molar-refractivity contribution in [3.05, 3.63) is 23.2 Å². The standard InChI is InChI=1S/C15H19N3S/c1-10-16-14-3-2-12(8-15(14)19-10)17-13-5-7-18-6-4-11(13)9-18/h2-3,8,11,13,17H,4-7,9H2,1H3. The van der Waals surface area contributed by atoms with Crippen molar-refractivity contribution >= 4 is 27.2 Å². The van der Waals surface area contributed by atoms with Gasteiger partial charge in [0.1, 0.15) is 0 Å². The van der Waals surface area contributed by atoms with Crippen molar-refractivity contribution in [3.63, 3.8) is 0 Å². The van der Waals surface area contributed by atoms with E-state index >= 15 is 0 Å². The summed E-state index contributed by atoms with van der Waals surface area (Å²) in [7, 11) is 0. The molecule has 2 aliphatic heterocycles. The van der Waals surface area contributed by atoms with E-state index in [2.05, 4.69) is 40.3 Å². The van der Waals surface area contributed by atoms with E-state index in [4.69, 9.17) is 0 Å². The zero-order valence-electron chi connectivity index (χ0n) is 11.2. The Hall–Kier alpha value is -1.13. The van der Waals surface area contributed by atoms with Crippen molar-refractivity contribution in [1.29, 1.82) is 0 Å². The molecular formula is C15H19N3S. The van der Waals surface area contributed by atoms with Gasteiger partial charge < -0.3 is 10.2 Å². The van der Waals surface area contributed by atoms with Crippen LogP contribution < -0.4 is 5.32 Å². The Labute approximate surface area is 117 Å². The Morgan fingerprint density at radius 2 is 2.21 bits per heavy atom. The molecule has 2 saturated heterocycles. The van der Waals surface area contributed by atoms with Crippen molar-refractivity contribution in [3.8, 4) is 0 Å². The second-order valence-electron chi connectivity index (χ2n) is 5.80. The fourth-order valence-electron chi connectivity index (χ4n) is 3.49. The normalized spacial score (nSPS) is 29.8. The third-order valence-corrected chi connectivity index (χ3v) is 5.42. The largest absolute Gasteiger partial charge is 0.382 e. The van der Waals surface area contributed by atoms with Gasteiger partial charge in [-0.3, -0.25) is 0 Å². The van der Waals surface area contributed by atoms with Gasteiger partial charge in [0.15, 0.2) is 0 Å². The lowest BCUT2D eigenvalue weighted by molar-refractivity contribution is 0.255. The number of piperidine rings is 1. The number of aryl methyl sites for hydroxylation is 1. The van der Waals surface area contributed by atoms with Gasteiger partial charge in [-0.1, -0.05) is 0 Å². The van der Waals surface area contributed by atoms with Gasteiger partial charge in [0.25, 0.3) is 0 Å². The average molecular weight is 273 g/mol. The number of fused-ring (bicyclic) bond motifs is 3. The zero-order chi connectivity index (χ0) is 12.8.